The van der Waals surface area contributed by atoms with Gasteiger partial charge in [0.25, 0.3) is 5.56 Å². The molecule has 4 rings (SSSR count). The second-order valence-electron chi connectivity index (χ2n) is 6.38. The molecule has 1 aromatic heterocycles. The van der Waals surface area contributed by atoms with E-state index in [9.17, 15) is 9.59 Å². The van der Waals surface area contributed by atoms with Gasteiger partial charge in [-0.25, -0.2) is 4.79 Å². The van der Waals surface area contributed by atoms with Gasteiger partial charge in [0, 0.05) is 24.7 Å². The molecule has 2 aliphatic rings. The third-order valence-electron chi connectivity index (χ3n) is 4.49. The lowest BCUT2D eigenvalue weighted by molar-refractivity contribution is -0.0289. The Morgan fingerprint density at radius 2 is 2.19 bits per heavy atom. The molecular weight excluding hydrogens is 338 g/mol. The molecule has 26 heavy (non-hydrogen) atoms. The number of benzene rings is 1. The van der Waals surface area contributed by atoms with Crippen LogP contribution in [0.2, 0.25) is 0 Å². The molecule has 3 atom stereocenters. The van der Waals surface area contributed by atoms with E-state index in [1.54, 1.807) is 17.7 Å². The molecule has 0 saturated carbocycles. The molecule has 2 aromatic rings. The van der Waals surface area contributed by atoms with Crippen LogP contribution in [0.1, 0.15) is 23.8 Å². The van der Waals surface area contributed by atoms with Crippen LogP contribution in [0.5, 0.6) is 6.01 Å². The number of ether oxygens (including phenoxy) is 3. The van der Waals surface area contributed by atoms with Crippen molar-refractivity contribution in [1.82, 2.24) is 14.9 Å². The number of rotatable bonds is 4. The molecule has 8 heteroatoms. The molecule has 3 heterocycles. The predicted molar refractivity (Wildman–Crippen MR) is 90.8 cm³/mol. The summed E-state index contributed by atoms with van der Waals surface area (Å²) < 4.78 is 18.6. The average molecular weight is 357 g/mol. The largest absolute Gasteiger partial charge is 0.458 e. The van der Waals surface area contributed by atoms with Gasteiger partial charge in [0.1, 0.15) is 25.0 Å². The lowest BCUT2D eigenvalue weighted by Crippen LogP contribution is -2.35. The summed E-state index contributed by atoms with van der Waals surface area (Å²) in [5, 5.41) is 2.70. The van der Waals surface area contributed by atoms with Crippen LogP contribution in [0.15, 0.2) is 41.3 Å². The van der Waals surface area contributed by atoms with Crippen LogP contribution in [-0.2, 0) is 16.0 Å². The summed E-state index contributed by atoms with van der Waals surface area (Å²) in [5.41, 5.74) is 1.20. The zero-order valence-electron chi connectivity index (χ0n) is 14.3. The smallest absolute Gasteiger partial charge is 0.407 e. The molecule has 0 aliphatic carbocycles. The Hall–Kier alpha value is -2.87. The molecule has 1 N–H and O–H groups in total. The minimum atomic E-state index is -0.514. The quantitative estimate of drug-likeness (QED) is 0.892. The summed E-state index contributed by atoms with van der Waals surface area (Å²) in [6.07, 6.45) is 0.824. The zero-order chi connectivity index (χ0) is 18.1. The van der Waals surface area contributed by atoms with Crippen molar-refractivity contribution in [3.05, 3.63) is 58.0 Å². The Bertz CT molecular complexity index is 867. The number of carbonyl (C=O) groups is 1. The van der Waals surface area contributed by atoms with E-state index >= 15 is 0 Å². The van der Waals surface area contributed by atoms with Crippen LogP contribution in [0.25, 0.3) is 0 Å². The van der Waals surface area contributed by atoms with E-state index in [1.807, 2.05) is 30.3 Å². The number of amides is 1. The number of hydrogen-bond donors (Lipinski definition) is 1. The lowest BCUT2D eigenvalue weighted by Gasteiger charge is -2.23. The first-order valence-electron chi connectivity index (χ1n) is 8.46. The topological polar surface area (TPSA) is 91.7 Å². The average Bonchev–Trinajstić information content (AvgIpc) is 2.98. The van der Waals surface area contributed by atoms with Crippen molar-refractivity contribution in [2.75, 3.05) is 6.61 Å². The number of aryl methyl sites for hydroxylation is 1. The van der Waals surface area contributed by atoms with Gasteiger partial charge >= 0.3 is 12.1 Å². The molecule has 0 unspecified atom stereocenters. The molecular formula is C18H19N3O5. The highest BCUT2D eigenvalue weighted by atomic mass is 16.6. The maximum absolute atomic E-state index is 11.9. The van der Waals surface area contributed by atoms with E-state index in [0.717, 1.165) is 5.56 Å². The molecule has 0 radical (unpaired) electrons. The monoisotopic (exact) mass is 357 g/mol. The van der Waals surface area contributed by atoms with Crippen molar-refractivity contribution in [3.8, 4) is 6.01 Å². The summed E-state index contributed by atoms with van der Waals surface area (Å²) in [5.74, 6) is 0. The Labute approximate surface area is 149 Å². The van der Waals surface area contributed by atoms with Gasteiger partial charge in [0.05, 0.1) is 0 Å². The molecule has 2 bridgehead atoms. The highest BCUT2D eigenvalue weighted by Crippen LogP contribution is 2.37. The fourth-order valence-corrected chi connectivity index (χ4v) is 3.10. The molecule has 1 aromatic carbocycles. The fourth-order valence-electron chi connectivity index (χ4n) is 3.10. The molecule has 0 spiro atoms. The molecule has 136 valence electrons. The van der Waals surface area contributed by atoms with Crippen LogP contribution in [-0.4, -0.2) is 34.5 Å². The van der Waals surface area contributed by atoms with Gasteiger partial charge < -0.3 is 19.5 Å². The van der Waals surface area contributed by atoms with Crippen LogP contribution in [0.3, 0.4) is 0 Å². The minimum absolute atomic E-state index is 0.0690. The number of fused-ring (bicyclic) bond motifs is 4. The van der Waals surface area contributed by atoms with Gasteiger partial charge in [-0.05, 0) is 12.5 Å². The predicted octanol–water partition coefficient (Wildman–Crippen LogP) is 1.53. The Morgan fingerprint density at radius 1 is 1.38 bits per heavy atom. The normalized spacial score (nSPS) is 23.0. The summed E-state index contributed by atoms with van der Waals surface area (Å²) >= 11 is 0. The van der Waals surface area contributed by atoms with Crippen LogP contribution in [0, 0.1) is 6.92 Å². The number of carbonyl (C=O) groups excluding carboxylic acids is 1. The molecule has 1 saturated heterocycles. The van der Waals surface area contributed by atoms with Gasteiger partial charge in [-0.2, -0.15) is 4.98 Å². The van der Waals surface area contributed by atoms with E-state index in [1.165, 1.54) is 0 Å². The lowest BCUT2D eigenvalue weighted by atomic mass is 10.1. The zero-order valence-corrected chi connectivity index (χ0v) is 14.3. The van der Waals surface area contributed by atoms with Crippen molar-refractivity contribution in [2.45, 2.75) is 38.3 Å². The van der Waals surface area contributed by atoms with E-state index in [2.05, 4.69) is 10.3 Å². The highest BCUT2D eigenvalue weighted by molar-refractivity contribution is 5.67. The summed E-state index contributed by atoms with van der Waals surface area (Å²) in [7, 11) is 0. The molecule has 1 fully saturated rings. The van der Waals surface area contributed by atoms with Gasteiger partial charge in [0.2, 0.25) is 0 Å². The molecule has 2 aliphatic heterocycles. The molecule has 8 nitrogen and oxygen atoms in total. The van der Waals surface area contributed by atoms with E-state index in [0.29, 0.717) is 18.5 Å². The maximum atomic E-state index is 11.9. The van der Waals surface area contributed by atoms with Crippen molar-refractivity contribution < 1.29 is 19.0 Å². The fraction of sp³-hybridized carbons (Fsp3) is 0.389. The van der Waals surface area contributed by atoms with Crippen LogP contribution < -0.4 is 15.6 Å². The first-order chi connectivity index (χ1) is 12.6. The van der Waals surface area contributed by atoms with Crippen molar-refractivity contribution >= 4 is 6.09 Å². The number of nitrogens with one attached hydrogen (secondary N) is 1. The van der Waals surface area contributed by atoms with Gasteiger partial charge in [0.15, 0.2) is 0 Å². The third-order valence-corrected chi connectivity index (χ3v) is 4.49. The summed E-state index contributed by atoms with van der Waals surface area (Å²) in [4.78, 5) is 27.5. The number of alkyl carbamates (subject to hydrolysis) is 1. The maximum Gasteiger partial charge on any atom is 0.407 e. The molecule has 1 amide bonds. The van der Waals surface area contributed by atoms with Gasteiger partial charge in [-0.3, -0.25) is 9.36 Å². The van der Waals surface area contributed by atoms with E-state index in [-0.39, 0.29) is 30.5 Å². The first kappa shape index (κ1) is 16.6. The van der Waals surface area contributed by atoms with E-state index < -0.39 is 12.2 Å². The summed E-state index contributed by atoms with van der Waals surface area (Å²) in [6, 6.07) is 9.82. The second-order valence-corrected chi connectivity index (χ2v) is 6.38. The number of nitrogens with zero attached hydrogens (tertiary/aromatic N) is 2. The SMILES string of the molecule is Cc1cn2c(nc1=O)O[C@@H]1C[C@H]2O[C@@H]1COC(=O)NCc1ccccc1. The van der Waals surface area contributed by atoms with Crippen molar-refractivity contribution in [2.24, 2.45) is 0 Å². The van der Waals surface area contributed by atoms with Crippen LogP contribution in [0.4, 0.5) is 4.79 Å². The Balaban J connectivity index is 1.32. The summed E-state index contributed by atoms with van der Waals surface area (Å²) in [6.45, 7) is 2.16. The Morgan fingerprint density at radius 3 is 3.00 bits per heavy atom. The Kier molecular flexibility index (Phi) is 4.34. The van der Waals surface area contributed by atoms with Crippen molar-refractivity contribution in [3.63, 3.8) is 0 Å². The number of hydrogen-bond acceptors (Lipinski definition) is 6. The third kappa shape index (κ3) is 3.28. The second kappa shape index (κ2) is 6.80. The number of aromatic nitrogens is 2. The van der Waals surface area contributed by atoms with E-state index in [4.69, 9.17) is 14.2 Å². The van der Waals surface area contributed by atoms with Crippen LogP contribution >= 0.6 is 0 Å². The first-order valence-corrected chi connectivity index (χ1v) is 8.46. The standard InChI is InChI=1S/C18H19N3O5/c1-11-9-21-15-7-13(26-17(21)20-16(11)22)14(25-15)10-24-18(23)19-8-12-5-3-2-4-6-12/h2-6,9,13-15H,7-8,10H2,1H3,(H,19,23)/t13-,14-,15-/m1/s1. The van der Waals surface area contributed by atoms with Crippen molar-refractivity contribution in [1.29, 1.82) is 0 Å². The van der Waals surface area contributed by atoms with Gasteiger partial charge in [-0.1, -0.05) is 30.3 Å². The minimum Gasteiger partial charge on any atom is -0.458 e. The highest BCUT2D eigenvalue weighted by Gasteiger charge is 2.43. The van der Waals surface area contributed by atoms with Gasteiger partial charge in [-0.15, -0.1) is 0 Å².